The Balaban J connectivity index is 1.97. The summed E-state index contributed by atoms with van der Waals surface area (Å²) < 4.78 is 97.3. The van der Waals surface area contributed by atoms with Crippen LogP contribution in [0, 0.1) is 6.92 Å². The van der Waals surface area contributed by atoms with Crippen LogP contribution in [0.4, 0.5) is 26.3 Å². The molecule has 1 aromatic heterocycles. The molecule has 0 aliphatic heterocycles. The number of esters is 1. The topological polar surface area (TPSA) is 57.7 Å². The summed E-state index contributed by atoms with van der Waals surface area (Å²) in [6.45, 7) is 2.87. The first-order valence-electron chi connectivity index (χ1n) is 10.7. The van der Waals surface area contributed by atoms with Gasteiger partial charge in [-0.3, -0.25) is 4.79 Å². The normalized spacial score (nSPS) is 11.9. The van der Waals surface area contributed by atoms with Gasteiger partial charge < -0.3 is 14.2 Å². The summed E-state index contributed by atoms with van der Waals surface area (Å²) in [6, 6.07) is 10.0. The second kappa shape index (κ2) is 11.2. The van der Waals surface area contributed by atoms with Gasteiger partial charge in [-0.1, -0.05) is 30.3 Å². The van der Waals surface area contributed by atoms with Crippen molar-refractivity contribution in [3.05, 3.63) is 64.8 Å². The molecule has 3 rings (SSSR count). The molecule has 0 spiro atoms. The molecule has 12 heteroatoms. The van der Waals surface area contributed by atoms with Crippen molar-refractivity contribution in [1.82, 2.24) is 4.37 Å². The van der Waals surface area contributed by atoms with Crippen LogP contribution in [0.2, 0.25) is 0 Å². The minimum Gasteiger partial charge on any atom is -0.488 e. The zero-order chi connectivity index (χ0) is 26.5. The van der Waals surface area contributed by atoms with Crippen LogP contribution in [0.1, 0.15) is 35.7 Å². The molecule has 2 aromatic carbocycles. The van der Waals surface area contributed by atoms with E-state index in [-0.39, 0.29) is 35.6 Å². The van der Waals surface area contributed by atoms with Gasteiger partial charge in [0.25, 0.3) is 0 Å². The van der Waals surface area contributed by atoms with Crippen molar-refractivity contribution in [2.75, 3.05) is 6.61 Å². The summed E-state index contributed by atoms with van der Waals surface area (Å²) in [7, 11) is 0. The highest BCUT2D eigenvalue weighted by Crippen LogP contribution is 2.41. The summed E-state index contributed by atoms with van der Waals surface area (Å²) >= 11 is 0.656. The lowest BCUT2D eigenvalue weighted by Gasteiger charge is -2.16. The van der Waals surface area contributed by atoms with E-state index in [1.165, 1.54) is 6.07 Å². The zero-order valence-electron chi connectivity index (χ0n) is 19.1. The molecule has 0 bridgehead atoms. The van der Waals surface area contributed by atoms with Crippen molar-refractivity contribution >= 4 is 17.5 Å². The summed E-state index contributed by atoms with van der Waals surface area (Å²) in [5.74, 6) is -1.31. The molecular formula is C24H21F6NO4S. The predicted molar refractivity (Wildman–Crippen MR) is 120 cm³/mol. The number of aromatic nitrogens is 1. The highest BCUT2D eigenvalue weighted by atomic mass is 32.1. The third kappa shape index (κ3) is 7.12. The highest BCUT2D eigenvalue weighted by molar-refractivity contribution is 7.09. The Bertz CT molecular complexity index is 1210. The quantitative estimate of drug-likeness (QED) is 0.217. The molecule has 0 amide bonds. The number of rotatable bonds is 9. The van der Waals surface area contributed by atoms with Crippen molar-refractivity contribution in [3.8, 4) is 21.9 Å². The molecule has 0 radical (unpaired) electrons. The third-order valence-corrected chi connectivity index (χ3v) is 5.92. The Kier molecular flexibility index (Phi) is 8.49. The lowest BCUT2D eigenvalue weighted by Crippen LogP contribution is -2.17. The number of carbonyl (C=O) groups is 1. The van der Waals surface area contributed by atoms with Crippen LogP contribution < -0.4 is 9.47 Å². The molecule has 0 fully saturated rings. The molecule has 3 aromatic rings. The molecule has 194 valence electrons. The maximum atomic E-state index is 13.7. The second-order valence-corrected chi connectivity index (χ2v) is 8.34. The fraction of sp³-hybridized carbons (Fsp3) is 0.333. The Morgan fingerprint density at radius 2 is 1.78 bits per heavy atom. The summed E-state index contributed by atoms with van der Waals surface area (Å²) in [4.78, 5) is 12.0. The van der Waals surface area contributed by atoms with Gasteiger partial charge in [-0.15, -0.1) is 13.2 Å². The van der Waals surface area contributed by atoms with Crippen LogP contribution in [0.5, 0.6) is 11.5 Å². The van der Waals surface area contributed by atoms with Crippen LogP contribution in [0.25, 0.3) is 10.4 Å². The lowest BCUT2D eigenvalue weighted by atomic mass is 10.0. The molecule has 5 nitrogen and oxygen atoms in total. The molecule has 0 atom stereocenters. The molecule has 0 aliphatic carbocycles. The van der Waals surface area contributed by atoms with Gasteiger partial charge in [-0.2, -0.15) is 17.5 Å². The standard InChI is InChI=1S/C24H21F6NO4S/c1-3-33-20(32)11-9-15-8-10-16(35-24(28,29)30)12-19(15)34-13-18-21(17-7-5-4-6-14(17)2)36-31-22(18)23(25,26)27/h4-8,10,12H,3,9,11,13H2,1-2H3. The smallest absolute Gasteiger partial charge is 0.488 e. The Morgan fingerprint density at radius 3 is 2.42 bits per heavy atom. The molecule has 36 heavy (non-hydrogen) atoms. The van der Waals surface area contributed by atoms with Crippen molar-refractivity contribution < 1.29 is 45.3 Å². The van der Waals surface area contributed by atoms with Gasteiger partial charge in [-0.05, 0) is 54.6 Å². The molecule has 1 heterocycles. The van der Waals surface area contributed by atoms with Gasteiger partial charge >= 0.3 is 18.5 Å². The van der Waals surface area contributed by atoms with E-state index in [2.05, 4.69) is 9.11 Å². The first-order chi connectivity index (χ1) is 16.9. The lowest BCUT2D eigenvalue weighted by molar-refractivity contribution is -0.274. The van der Waals surface area contributed by atoms with Crippen molar-refractivity contribution in [3.63, 3.8) is 0 Å². The maximum absolute atomic E-state index is 13.7. The number of hydrogen-bond acceptors (Lipinski definition) is 6. The van der Waals surface area contributed by atoms with Crippen LogP contribution >= 0.6 is 11.5 Å². The molecule has 0 saturated heterocycles. The highest BCUT2D eigenvalue weighted by Gasteiger charge is 2.38. The number of halogens is 6. The number of nitrogens with zero attached hydrogens (tertiary/aromatic N) is 1. The number of alkyl halides is 6. The van der Waals surface area contributed by atoms with Gasteiger partial charge in [0.1, 0.15) is 18.1 Å². The molecule has 0 N–H and O–H groups in total. The van der Waals surface area contributed by atoms with E-state index in [4.69, 9.17) is 9.47 Å². The van der Waals surface area contributed by atoms with E-state index in [9.17, 15) is 31.1 Å². The average molecular weight is 533 g/mol. The van der Waals surface area contributed by atoms with E-state index in [1.54, 1.807) is 38.1 Å². The fourth-order valence-corrected chi connectivity index (χ4v) is 4.39. The monoisotopic (exact) mass is 533 g/mol. The Morgan fingerprint density at radius 1 is 1.06 bits per heavy atom. The van der Waals surface area contributed by atoms with Crippen molar-refractivity contribution in [2.45, 2.75) is 45.8 Å². The van der Waals surface area contributed by atoms with E-state index in [0.29, 0.717) is 28.2 Å². The van der Waals surface area contributed by atoms with E-state index >= 15 is 0 Å². The minimum atomic E-state index is -4.98. The third-order valence-electron chi connectivity index (χ3n) is 4.99. The predicted octanol–water partition coefficient (Wildman–Crippen LogP) is 7.11. The van der Waals surface area contributed by atoms with Gasteiger partial charge in [-0.25, -0.2) is 0 Å². The molecule has 0 saturated carbocycles. The van der Waals surface area contributed by atoms with Crippen molar-refractivity contribution in [1.29, 1.82) is 0 Å². The Labute approximate surface area is 206 Å². The fourth-order valence-electron chi connectivity index (χ4n) is 3.40. The van der Waals surface area contributed by atoms with Gasteiger partial charge in [0.2, 0.25) is 0 Å². The number of aryl methyl sites for hydroxylation is 2. The van der Waals surface area contributed by atoms with Crippen LogP contribution in [0.3, 0.4) is 0 Å². The molecule has 0 unspecified atom stereocenters. The Hall–Kier alpha value is -3.28. The van der Waals surface area contributed by atoms with Crippen LogP contribution in [0.15, 0.2) is 42.5 Å². The zero-order valence-corrected chi connectivity index (χ0v) is 19.9. The average Bonchev–Trinajstić information content (AvgIpc) is 3.20. The number of hydrogen-bond donors (Lipinski definition) is 0. The number of ether oxygens (including phenoxy) is 3. The van der Waals surface area contributed by atoms with Crippen LogP contribution in [-0.4, -0.2) is 23.3 Å². The number of carbonyl (C=O) groups excluding carboxylic acids is 1. The van der Waals surface area contributed by atoms with Gasteiger partial charge in [0.05, 0.1) is 11.5 Å². The number of benzene rings is 2. The second-order valence-electron chi connectivity index (χ2n) is 7.56. The van der Waals surface area contributed by atoms with Crippen molar-refractivity contribution in [2.24, 2.45) is 0 Å². The summed E-state index contributed by atoms with van der Waals surface area (Å²) in [5, 5.41) is 0. The maximum Gasteiger partial charge on any atom is 0.573 e. The largest absolute Gasteiger partial charge is 0.573 e. The van der Waals surface area contributed by atoms with Crippen LogP contribution in [-0.2, 0) is 28.7 Å². The van der Waals surface area contributed by atoms with E-state index in [0.717, 1.165) is 12.1 Å². The molecule has 0 aliphatic rings. The summed E-state index contributed by atoms with van der Waals surface area (Å²) in [6.07, 6.45) is -9.84. The van der Waals surface area contributed by atoms with E-state index in [1.807, 2.05) is 0 Å². The SMILES string of the molecule is CCOC(=O)CCc1ccc(OC(F)(F)F)cc1OCc1c(C(F)(F)F)nsc1-c1ccccc1C. The first-order valence-corrected chi connectivity index (χ1v) is 11.4. The van der Waals surface area contributed by atoms with Gasteiger partial charge in [0, 0.05) is 18.1 Å². The van der Waals surface area contributed by atoms with E-state index < -0.39 is 36.6 Å². The molecular weight excluding hydrogens is 512 g/mol. The minimum absolute atomic E-state index is 0.0269. The summed E-state index contributed by atoms with van der Waals surface area (Å²) in [5.41, 5.74) is 0.154. The first kappa shape index (κ1) is 27.3. The van der Waals surface area contributed by atoms with Gasteiger partial charge in [0.15, 0.2) is 5.69 Å².